The van der Waals surface area contributed by atoms with Gasteiger partial charge in [-0.15, -0.1) is 11.3 Å². The zero-order valence-corrected chi connectivity index (χ0v) is 11.2. The number of nitrogens with zero attached hydrogens (tertiary/aromatic N) is 1. The van der Waals surface area contributed by atoms with Gasteiger partial charge in [-0.25, -0.2) is 4.98 Å². The van der Waals surface area contributed by atoms with E-state index in [4.69, 9.17) is 22.1 Å². The Bertz CT molecular complexity index is 539. The average molecular weight is 269 g/mol. The summed E-state index contributed by atoms with van der Waals surface area (Å²) in [6, 6.07) is 5.56. The maximum absolute atomic E-state index is 6.02. The molecule has 0 unspecified atom stereocenters. The molecular weight excluding hydrogens is 256 g/mol. The van der Waals surface area contributed by atoms with Crippen molar-refractivity contribution in [2.75, 3.05) is 7.11 Å². The van der Waals surface area contributed by atoms with Gasteiger partial charge in [-0.3, -0.25) is 0 Å². The van der Waals surface area contributed by atoms with Crippen molar-refractivity contribution in [1.29, 1.82) is 0 Å². The molecule has 0 saturated carbocycles. The summed E-state index contributed by atoms with van der Waals surface area (Å²) in [6.45, 7) is 2.42. The van der Waals surface area contributed by atoms with Crippen molar-refractivity contribution in [3.05, 3.63) is 33.9 Å². The molecule has 0 fully saturated rings. The predicted molar refractivity (Wildman–Crippen MR) is 71.7 cm³/mol. The van der Waals surface area contributed by atoms with Crippen molar-refractivity contribution in [2.45, 2.75) is 13.5 Å². The van der Waals surface area contributed by atoms with E-state index >= 15 is 0 Å². The Morgan fingerprint density at radius 2 is 2.24 bits per heavy atom. The first-order valence-electron chi connectivity index (χ1n) is 5.16. The summed E-state index contributed by atoms with van der Waals surface area (Å²) in [7, 11) is 1.65. The summed E-state index contributed by atoms with van der Waals surface area (Å²) < 4.78 is 5.34. The molecule has 1 heterocycles. The van der Waals surface area contributed by atoms with Crippen LogP contribution >= 0.6 is 22.9 Å². The lowest BCUT2D eigenvalue weighted by Crippen LogP contribution is -1.94. The molecule has 2 rings (SSSR count). The van der Waals surface area contributed by atoms with Gasteiger partial charge < -0.3 is 10.5 Å². The number of benzene rings is 1. The summed E-state index contributed by atoms with van der Waals surface area (Å²) in [4.78, 5) is 5.47. The van der Waals surface area contributed by atoms with Gasteiger partial charge in [0.2, 0.25) is 0 Å². The Balaban J connectivity index is 2.58. The minimum atomic E-state index is 0.453. The highest BCUT2D eigenvalue weighted by molar-refractivity contribution is 7.15. The lowest BCUT2D eigenvalue weighted by Gasteiger charge is -2.07. The number of methoxy groups -OCH3 is 1. The number of aryl methyl sites for hydroxylation is 1. The van der Waals surface area contributed by atoms with Gasteiger partial charge >= 0.3 is 0 Å². The van der Waals surface area contributed by atoms with Crippen molar-refractivity contribution in [1.82, 2.24) is 4.98 Å². The third kappa shape index (κ3) is 2.44. The number of aromatic nitrogens is 1. The maximum Gasteiger partial charge on any atom is 0.127 e. The minimum absolute atomic E-state index is 0.453. The molecule has 17 heavy (non-hydrogen) atoms. The van der Waals surface area contributed by atoms with E-state index in [-0.39, 0.29) is 0 Å². The normalized spacial score (nSPS) is 10.6. The summed E-state index contributed by atoms with van der Waals surface area (Å²) in [5, 5.41) is 1.60. The van der Waals surface area contributed by atoms with Crippen LogP contribution in [0, 0.1) is 6.92 Å². The number of thiazole rings is 1. The van der Waals surface area contributed by atoms with Crippen molar-refractivity contribution in [3.8, 4) is 16.2 Å². The smallest absolute Gasteiger partial charge is 0.127 e. The van der Waals surface area contributed by atoms with E-state index < -0.39 is 0 Å². The molecule has 1 aromatic carbocycles. The molecule has 5 heteroatoms. The van der Waals surface area contributed by atoms with E-state index in [9.17, 15) is 0 Å². The second-order valence-corrected chi connectivity index (χ2v) is 5.09. The molecule has 0 aliphatic carbocycles. The fraction of sp³-hybridized carbons (Fsp3) is 0.250. The number of hydrogen-bond donors (Lipinski definition) is 1. The highest BCUT2D eigenvalue weighted by Crippen LogP contribution is 2.37. The first-order chi connectivity index (χ1) is 8.15. The van der Waals surface area contributed by atoms with Gasteiger partial charge in [-0.1, -0.05) is 11.6 Å². The van der Waals surface area contributed by atoms with Crippen LogP contribution in [0.3, 0.4) is 0 Å². The summed E-state index contributed by atoms with van der Waals surface area (Å²) >= 11 is 7.60. The fourth-order valence-corrected chi connectivity index (χ4v) is 2.78. The lowest BCUT2D eigenvalue weighted by atomic mass is 10.1. The van der Waals surface area contributed by atoms with Crippen molar-refractivity contribution >= 4 is 22.9 Å². The maximum atomic E-state index is 6.02. The van der Waals surface area contributed by atoms with Crippen LogP contribution in [-0.2, 0) is 6.54 Å². The van der Waals surface area contributed by atoms with Crippen LogP contribution in [0.1, 0.15) is 10.7 Å². The van der Waals surface area contributed by atoms with Crippen molar-refractivity contribution in [2.24, 2.45) is 5.73 Å². The Morgan fingerprint density at radius 1 is 1.47 bits per heavy atom. The molecule has 0 aliphatic heterocycles. The molecule has 90 valence electrons. The zero-order valence-electron chi connectivity index (χ0n) is 9.66. The predicted octanol–water partition coefficient (Wildman–Crippen LogP) is 3.24. The molecule has 0 aliphatic rings. The molecule has 0 atom stereocenters. The van der Waals surface area contributed by atoms with E-state index in [1.165, 1.54) is 0 Å². The lowest BCUT2D eigenvalue weighted by molar-refractivity contribution is 0.416. The number of ether oxygens (including phenoxy) is 1. The summed E-state index contributed by atoms with van der Waals surface area (Å²) in [5.74, 6) is 0.796. The highest BCUT2D eigenvalue weighted by Gasteiger charge is 2.13. The van der Waals surface area contributed by atoms with Gasteiger partial charge in [0.15, 0.2) is 0 Å². The molecule has 0 radical (unpaired) electrons. The third-order valence-corrected chi connectivity index (χ3v) is 3.87. The molecule has 2 aromatic rings. The first-order valence-corrected chi connectivity index (χ1v) is 6.35. The van der Waals surface area contributed by atoms with Gasteiger partial charge in [-0.2, -0.15) is 0 Å². The molecule has 0 spiro atoms. The molecular formula is C12H13ClN2OS. The monoisotopic (exact) mass is 268 g/mol. The fourth-order valence-electron chi connectivity index (χ4n) is 1.65. The first kappa shape index (κ1) is 12.4. The van der Waals surface area contributed by atoms with Crippen LogP contribution in [0.4, 0.5) is 0 Å². The number of halogens is 1. The Kier molecular flexibility index (Phi) is 3.66. The van der Waals surface area contributed by atoms with Crippen molar-refractivity contribution < 1.29 is 4.74 Å². The van der Waals surface area contributed by atoms with Gasteiger partial charge in [0, 0.05) is 17.1 Å². The van der Waals surface area contributed by atoms with Gasteiger partial charge in [-0.05, 0) is 25.1 Å². The number of nitrogens with two attached hydrogens (primary N) is 1. The molecule has 3 nitrogen and oxygen atoms in total. The molecule has 2 N–H and O–H groups in total. The van der Waals surface area contributed by atoms with E-state index in [1.54, 1.807) is 18.4 Å². The molecule has 1 aromatic heterocycles. The SMILES string of the molecule is COc1ccc(Cl)cc1-c1sc(CN)nc1C. The topological polar surface area (TPSA) is 48.1 Å². The van der Waals surface area contributed by atoms with Crippen LogP contribution in [0.15, 0.2) is 18.2 Å². The zero-order chi connectivity index (χ0) is 12.4. The standard InChI is InChI=1S/C12H13ClN2OS/c1-7-12(17-11(6-14)15-7)9-5-8(13)3-4-10(9)16-2/h3-5H,6,14H2,1-2H3. The van der Waals surface area contributed by atoms with Crippen LogP contribution in [0.5, 0.6) is 5.75 Å². The van der Waals surface area contributed by atoms with E-state index in [1.807, 2.05) is 25.1 Å². The van der Waals surface area contributed by atoms with Gasteiger partial charge in [0.05, 0.1) is 17.7 Å². The Morgan fingerprint density at radius 3 is 2.82 bits per heavy atom. The van der Waals surface area contributed by atoms with Gasteiger partial charge in [0.25, 0.3) is 0 Å². The largest absolute Gasteiger partial charge is 0.496 e. The summed E-state index contributed by atoms with van der Waals surface area (Å²) in [6.07, 6.45) is 0. The van der Waals surface area contributed by atoms with Crippen LogP contribution in [0.2, 0.25) is 5.02 Å². The number of hydrogen-bond acceptors (Lipinski definition) is 4. The number of rotatable bonds is 3. The van der Waals surface area contributed by atoms with E-state index in [2.05, 4.69) is 4.98 Å². The minimum Gasteiger partial charge on any atom is -0.496 e. The molecule has 0 amide bonds. The molecule has 0 bridgehead atoms. The van der Waals surface area contributed by atoms with Crippen molar-refractivity contribution in [3.63, 3.8) is 0 Å². The second kappa shape index (κ2) is 5.04. The van der Waals surface area contributed by atoms with E-state index in [0.29, 0.717) is 11.6 Å². The second-order valence-electron chi connectivity index (χ2n) is 3.57. The quantitative estimate of drug-likeness (QED) is 0.930. The third-order valence-electron chi connectivity index (χ3n) is 2.42. The Hall–Kier alpha value is -1.10. The summed E-state index contributed by atoms with van der Waals surface area (Å²) in [5.41, 5.74) is 7.52. The highest BCUT2D eigenvalue weighted by atomic mass is 35.5. The van der Waals surface area contributed by atoms with Crippen LogP contribution in [-0.4, -0.2) is 12.1 Å². The van der Waals surface area contributed by atoms with Gasteiger partial charge in [0.1, 0.15) is 10.8 Å². The van der Waals surface area contributed by atoms with Crippen LogP contribution in [0.25, 0.3) is 10.4 Å². The molecule has 0 saturated heterocycles. The Labute approximate surface area is 109 Å². The van der Waals surface area contributed by atoms with Crippen LogP contribution < -0.4 is 10.5 Å². The van der Waals surface area contributed by atoms with E-state index in [0.717, 1.165) is 26.9 Å². The average Bonchev–Trinajstić information content (AvgIpc) is 2.70.